The second-order valence-corrected chi connectivity index (χ2v) is 2.35. The average molecular weight is 161 g/mol. The predicted molar refractivity (Wildman–Crippen MR) is 39.9 cm³/mol. The highest BCUT2D eigenvalue weighted by atomic mass is 19.1. The average Bonchev–Trinajstić information content (AvgIpc) is 2.46. The normalized spacial score (nSPS) is 10.0. The summed E-state index contributed by atoms with van der Waals surface area (Å²) in [4.78, 5) is 0. The number of pyridine rings is 1. The van der Waals surface area contributed by atoms with E-state index in [4.69, 9.17) is 5.26 Å². The summed E-state index contributed by atoms with van der Waals surface area (Å²) in [6.07, 6.45) is 2.64. The van der Waals surface area contributed by atoms with Gasteiger partial charge in [-0.05, 0) is 12.1 Å². The van der Waals surface area contributed by atoms with Crippen molar-refractivity contribution in [3.8, 4) is 6.07 Å². The first-order valence-electron chi connectivity index (χ1n) is 3.34. The first-order valence-corrected chi connectivity index (χ1v) is 3.34. The van der Waals surface area contributed by atoms with Crippen molar-refractivity contribution in [2.75, 3.05) is 0 Å². The van der Waals surface area contributed by atoms with E-state index in [2.05, 4.69) is 5.10 Å². The Hall–Kier alpha value is -1.89. The second-order valence-electron chi connectivity index (χ2n) is 2.35. The highest BCUT2D eigenvalue weighted by Crippen LogP contribution is 2.09. The van der Waals surface area contributed by atoms with Crippen LogP contribution in [0.1, 0.15) is 5.56 Å². The molecule has 0 N–H and O–H groups in total. The van der Waals surface area contributed by atoms with Gasteiger partial charge in [-0.3, -0.25) is 0 Å². The van der Waals surface area contributed by atoms with Gasteiger partial charge in [0.05, 0.1) is 23.5 Å². The summed E-state index contributed by atoms with van der Waals surface area (Å²) >= 11 is 0. The van der Waals surface area contributed by atoms with Gasteiger partial charge >= 0.3 is 0 Å². The number of halogens is 1. The monoisotopic (exact) mass is 161 g/mol. The van der Waals surface area contributed by atoms with Crippen LogP contribution in [0.2, 0.25) is 0 Å². The molecule has 0 unspecified atom stereocenters. The number of nitriles is 1. The molecule has 3 nitrogen and oxygen atoms in total. The Morgan fingerprint density at radius 1 is 1.50 bits per heavy atom. The Labute approximate surface area is 67.7 Å². The van der Waals surface area contributed by atoms with E-state index in [9.17, 15) is 4.39 Å². The maximum absolute atomic E-state index is 12.6. The van der Waals surface area contributed by atoms with E-state index in [1.54, 1.807) is 0 Å². The molecule has 58 valence electrons. The van der Waals surface area contributed by atoms with Crippen LogP contribution in [-0.4, -0.2) is 9.61 Å². The van der Waals surface area contributed by atoms with E-state index in [0.717, 1.165) is 0 Å². The maximum atomic E-state index is 12.6. The van der Waals surface area contributed by atoms with Crippen molar-refractivity contribution in [2.45, 2.75) is 0 Å². The van der Waals surface area contributed by atoms with E-state index in [0.29, 0.717) is 11.1 Å². The van der Waals surface area contributed by atoms with E-state index in [-0.39, 0.29) is 5.82 Å². The lowest BCUT2D eigenvalue weighted by atomic mass is 10.3. The minimum atomic E-state index is -0.366. The summed E-state index contributed by atoms with van der Waals surface area (Å²) < 4.78 is 13.9. The highest BCUT2D eigenvalue weighted by molar-refractivity contribution is 5.59. The lowest BCUT2D eigenvalue weighted by Gasteiger charge is -1.91. The molecule has 0 radical (unpaired) electrons. The van der Waals surface area contributed by atoms with Crippen molar-refractivity contribution in [1.29, 1.82) is 5.26 Å². The molecule has 2 heterocycles. The summed E-state index contributed by atoms with van der Waals surface area (Å²) in [6.45, 7) is 0. The van der Waals surface area contributed by atoms with Gasteiger partial charge in [0.1, 0.15) is 11.9 Å². The fourth-order valence-electron chi connectivity index (χ4n) is 1.05. The fourth-order valence-corrected chi connectivity index (χ4v) is 1.05. The molecule has 2 aromatic heterocycles. The van der Waals surface area contributed by atoms with Crippen LogP contribution in [-0.2, 0) is 0 Å². The van der Waals surface area contributed by atoms with Gasteiger partial charge in [-0.1, -0.05) is 0 Å². The van der Waals surface area contributed by atoms with Crippen LogP contribution in [0.4, 0.5) is 4.39 Å². The molecule has 2 aromatic rings. The van der Waals surface area contributed by atoms with Gasteiger partial charge in [-0.25, -0.2) is 8.91 Å². The summed E-state index contributed by atoms with van der Waals surface area (Å²) in [7, 11) is 0. The summed E-state index contributed by atoms with van der Waals surface area (Å²) in [6, 6.07) is 4.80. The first kappa shape index (κ1) is 6.80. The van der Waals surface area contributed by atoms with Crippen molar-refractivity contribution in [1.82, 2.24) is 9.61 Å². The zero-order chi connectivity index (χ0) is 8.55. The van der Waals surface area contributed by atoms with Gasteiger partial charge < -0.3 is 0 Å². The van der Waals surface area contributed by atoms with E-state index in [1.807, 2.05) is 6.07 Å². The third kappa shape index (κ3) is 0.839. The topological polar surface area (TPSA) is 41.1 Å². The molecule has 0 aliphatic heterocycles. The smallest absolute Gasteiger partial charge is 0.141 e. The molecule has 0 aliphatic carbocycles. The van der Waals surface area contributed by atoms with Crippen molar-refractivity contribution in [2.24, 2.45) is 0 Å². The summed E-state index contributed by atoms with van der Waals surface area (Å²) in [5.74, 6) is -0.366. The number of nitrogens with zero attached hydrogens (tertiary/aromatic N) is 3. The molecule has 0 saturated carbocycles. The van der Waals surface area contributed by atoms with Gasteiger partial charge in [0.2, 0.25) is 0 Å². The predicted octanol–water partition coefficient (Wildman–Crippen LogP) is 1.35. The summed E-state index contributed by atoms with van der Waals surface area (Å²) in [5.41, 5.74) is 1.08. The molecule has 0 spiro atoms. The largest absolute Gasteiger partial charge is 0.237 e. The van der Waals surface area contributed by atoms with Crippen LogP contribution in [0, 0.1) is 17.1 Å². The van der Waals surface area contributed by atoms with Crippen LogP contribution in [0.3, 0.4) is 0 Å². The Balaban J connectivity index is 2.84. The minimum absolute atomic E-state index is 0.366. The molecular weight excluding hydrogens is 157 g/mol. The number of aromatic nitrogens is 2. The highest BCUT2D eigenvalue weighted by Gasteiger charge is 2.02. The third-order valence-electron chi connectivity index (χ3n) is 1.60. The molecule has 0 aliphatic rings. The zero-order valence-electron chi connectivity index (χ0n) is 6.03. The van der Waals surface area contributed by atoms with Crippen molar-refractivity contribution in [3.05, 3.63) is 35.9 Å². The Bertz CT molecular complexity index is 467. The van der Waals surface area contributed by atoms with Gasteiger partial charge in [0.15, 0.2) is 0 Å². The first-order chi connectivity index (χ1) is 5.81. The van der Waals surface area contributed by atoms with Gasteiger partial charge in [0, 0.05) is 0 Å². The zero-order valence-corrected chi connectivity index (χ0v) is 6.03. The van der Waals surface area contributed by atoms with E-state index < -0.39 is 0 Å². The molecular formula is C8H4FN3. The molecule has 12 heavy (non-hydrogen) atoms. The lowest BCUT2D eigenvalue weighted by Crippen LogP contribution is -1.87. The number of hydrogen-bond acceptors (Lipinski definition) is 2. The van der Waals surface area contributed by atoms with Gasteiger partial charge in [-0.15, -0.1) is 0 Å². The van der Waals surface area contributed by atoms with Crippen LogP contribution in [0.5, 0.6) is 0 Å². The molecule has 4 heteroatoms. The van der Waals surface area contributed by atoms with Gasteiger partial charge in [-0.2, -0.15) is 10.4 Å². The maximum Gasteiger partial charge on any atom is 0.141 e. The van der Waals surface area contributed by atoms with Crippen molar-refractivity contribution >= 4 is 5.52 Å². The van der Waals surface area contributed by atoms with Crippen LogP contribution in [0.25, 0.3) is 5.52 Å². The molecule has 0 aromatic carbocycles. The Morgan fingerprint density at radius 3 is 3.08 bits per heavy atom. The van der Waals surface area contributed by atoms with Crippen LogP contribution in [0.15, 0.2) is 24.5 Å². The van der Waals surface area contributed by atoms with Gasteiger partial charge in [0.25, 0.3) is 0 Å². The minimum Gasteiger partial charge on any atom is -0.237 e. The molecule has 0 saturated heterocycles. The number of hydrogen-bond donors (Lipinski definition) is 0. The van der Waals surface area contributed by atoms with E-state index >= 15 is 0 Å². The van der Waals surface area contributed by atoms with Crippen molar-refractivity contribution < 1.29 is 4.39 Å². The van der Waals surface area contributed by atoms with E-state index in [1.165, 1.54) is 29.0 Å². The standard InChI is InChI=1S/C8H4FN3/c9-7-1-2-8-6(3-10)4-11-12(8)5-7/h1-2,4-5H. The molecule has 0 amide bonds. The third-order valence-corrected chi connectivity index (χ3v) is 1.60. The number of rotatable bonds is 0. The summed E-state index contributed by atoms with van der Waals surface area (Å²) in [5, 5.41) is 12.4. The van der Waals surface area contributed by atoms with Crippen molar-refractivity contribution in [3.63, 3.8) is 0 Å². The Morgan fingerprint density at radius 2 is 2.33 bits per heavy atom. The van der Waals surface area contributed by atoms with Crippen LogP contribution >= 0.6 is 0 Å². The molecule has 0 fully saturated rings. The Kier molecular flexibility index (Phi) is 1.31. The fraction of sp³-hybridized carbons (Fsp3) is 0. The van der Waals surface area contributed by atoms with Crippen LogP contribution < -0.4 is 0 Å². The second kappa shape index (κ2) is 2.31. The number of fused-ring (bicyclic) bond motifs is 1. The lowest BCUT2D eigenvalue weighted by molar-refractivity contribution is 0.615. The molecule has 2 rings (SSSR count). The quantitative estimate of drug-likeness (QED) is 0.585. The molecule has 0 atom stereocenters. The molecule has 0 bridgehead atoms. The SMILES string of the molecule is N#Cc1cnn2cc(F)ccc12.